The van der Waals surface area contributed by atoms with Gasteiger partial charge >= 0.3 is 0 Å². The second-order valence-corrected chi connectivity index (χ2v) is 5.50. The molecule has 0 bridgehead atoms. The van der Waals surface area contributed by atoms with Crippen LogP contribution in [-0.2, 0) is 9.05 Å². The van der Waals surface area contributed by atoms with Crippen LogP contribution in [0.1, 0.15) is 32.1 Å². The predicted octanol–water partition coefficient (Wildman–Crippen LogP) is 1.72. The van der Waals surface area contributed by atoms with E-state index in [-0.39, 0.29) is 0 Å². The van der Waals surface area contributed by atoms with Gasteiger partial charge in [0.1, 0.15) is 0 Å². The standard InChI is InChI=1S/C6H8ClF2N3O2S/c1-3(2)12-5(4(8)9)10-11-6(12)15(7,13)14/h3-4H,1-2H3. The topological polar surface area (TPSA) is 64.8 Å². The largest absolute Gasteiger partial charge is 0.297 e. The molecule has 0 atom stereocenters. The smallest absolute Gasteiger partial charge is 0.293 e. The fourth-order valence-electron chi connectivity index (χ4n) is 1.09. The molecule has 0 spiro atoms. The Morgan fingerprint density at radius 3 is 2.20 bits per heavy atom. The molecule has 9 heteroatoms. The van der Waals surface area contributed by atoms with Gasteiger partial charge in [0.25, 0.3) is 20.6 Å². The van der Waals surface area contributed by atoms with E-state index in [1.807, 2.05) is 0 Å². The zero-order valence-corrected chi connectivity index (χ0v) is 9.43. The maximum atomic E-state index is 12.4. The highest BCUT2D eigenvalue weighted by molar-refractivity contribution is 8.13. The molecule has 0 radical (unpaired) electrons. The summed E-state index contributed by atoms with van der Waals surface area (Å²) >= 11 is 0. The van der Waals surface area contributed by atoms with Crippen LogP contribution in [-0.4, -0.2) is 23.2 Å². The van der Waals surface area contributed by atoms with E-state index < -0.39 is 32.5 Å². The van der Waals surface area contributed by atoms with Gasteiger partial charge in [-0.15, -0.1) is 10.2 Å². The van der Waals surface area contributed by atoms with Gasteiger partial charge in [-0.05, 0) is 13.8 Å². The van der Waals surface area contributed by atoms with Crippen molar-refractivity contribution in [2.45, 2.75) is 31.5 Å². The molecule has 1 aromatic rings. The summed E-state index contributed by atoms with van der Waals surface area (Å²) < 4.78 is 47.6. The maximum Gasteiger partial charge on any atom is 0.297 e. The van der Waals surface area contributed by atoms with E-state index in [0.717, 1.165) is 4.57 Å². The molecule has 1 rings (SSSR count). The van der Waals surface area contributed by atoms with Crippen LogP contribution in [0.25, 0.3) is 0 Å². The monoisotopic (exact) mass is 259 g/mol. The molecule has 0 aliphatic carbocycles. The Bertz CT molecular complexity index is 457. The van der Waals surface area contributed by atoms with E-state index in [1.54, 1.807) is 0 Å². The van der Waals surface area contributed by atoms with E-state index in [4.69, 9.17) is 10.7 Å². The molecule has 86 valence electrons. The third kappa shape index (κ3) is 2.43. The summed E-state index contributed by atoms with van der Waals surface area (Å²) in [6.45, 7) is 3.06. The average molecular weight is 260 g/mol. The third-order valence-corrected chi connectivity index (χ3v) is 2.75. The molecule has 0 fully saturated rings. The van der Waals surface area contributed by atoms with Gasteiger partial charge in [-0.25, -0.2) is 17.2 Å². The van der Waals surface area contributed by atoms with E-state index in [2.05, 4.69) is 10.2 Å². The van der Waals surface area contributed by atoms with Crippen molar-refractivity contribution in [3.63, 3.8) is 0 Å². The first-order valence-electron chi connectivity index (χ1n) is 3.92. The van der Waals surface area contributed by atoms with Crippen LogP contribution in [0, 0.1) is 0 Å². The molecule has 5 nitrogen and oxygen atoms in total. The minimum atomic E-state index is -4.16. The van der Waals surface area contributed by atoms with Gasteiger partial charge < -0.3 is 0 Å². The maximum absolute atomic E-state index is 12.4. The molecule has 0 aliphatic heterocycles. The Balaban J connectivity index is 3.44. The summed E-state index contributed by atoms with van der Waals surface area (Å²) in [5.74, 6) is -0.704. The van der Waals surface area contributed by atoms with Crippen LogP contribution in [0.5, 0.6) is 0 Å². The lowest BCUT2D eigenvalue weighted by Crippen LogP contribution is -2.12. The lowest BCUT2D eigenvalue weighted by molar-refractivity contribution is 0.132. The normalized spacial score (nSPS) is 12.7. The molecule has 0 aliphatic rings. The number of nitrogens with zero attached hydrogens (tertiary/aromatic N) is 3. The zero-order chi connectivity index (χ0) is 11.8. The minimum Gasteiger partial charge on any atom is -0.293 e. The van der Waals surface area contributed by atoms with Crippen molar-refractivity contribution in [2.24, 2.45) is 0 Å². The van der Waals surface area contributed by atoms with Gasteiger partial charge in [-0.3, -0.25) is 4.57 Å². The Labute approximate surface area is 89.5 Å². The van der Waals surface area contributed by atoms with Gasteiger partial charge in [0, 0.05) is 16.7 Å². The molecule has 15 heavy (non-hydrogen) atoms. The molecular weight excluding hydrogens is 252 g/mol. The molecular formula is C6H8ClF2N3O2S. The molecule has 0 unspecified atom stereocenters. The van der Waals surface area contributed by atoms with E-state index in [9.17, 15) is 17.2 Å². The zero-order valence-electron chi connectivity index (χ0n) is 7.85. The molecule has 0 saturated heterocycles. The summed E-state index contributed by atoms with van der Waals surface area (Å²) in [7, 11) is 0.867. The number of hydrogen-bond donors (Lipinski definition) is 0. The first kappa shape index (κ1) is 12.3. The number of halogens is 3. The summed E-state index contributed by atoms with van der Waals surface area (Å²) in [5, 5.41) is 5.59. The van der Waals surface area contributed by atoms with Crippen molar-refractivity contribution >= 4 is 19.7 Å². The molecule has 1 aromatic heterocycles. The predicted molar refractivity (Wildman–Crippen MR) is 48.4 cm³/mol. The van der Waals surface area contributed by atoms with Crippen molar-refractivity contribution in [3.05, 3.63) is 5.82 Å². The Morgan fingerprint density at radius 1 is 1.33 bits per heavy atom. The summed E-state index contributed by atoms with van der Waals surface area (Å²) in [6.07, 6.45) is -2.90. The van der Waals surface area contributed by atoms with Gasteiger partial charge in [0.05, 0.1) is 0 Å². The second-order valence-electron chi connectivity index (χ2n) is 3.04. The van der Waals surface area contributed by atoms with Gasteiger partial charge in [0.15, 0.2) is 0 Å². The van der Waals surface area contributed by atoms with E-state index in [0.29, 0.717) is 0 Å². The van der Waals surface area contributed by atoms with Crippen LogP contribution in [0.3, 0.4) is 0 Å². The molecule has 0 N–H and O–H groups in total. The van der Waals surface area contributed by atoms with Crippen molar-refractivity contribution in [1.29, 1.82) is 0 Å². The highest BCUT2D eigenvalue weighted by Crippen LogP contribution is 2.25. The quantitative estimate of drug-likeness (QED) is 0.776. The van der Waals surface area contributed by atoms with Crippen molar-refractivity contribution in [1.82, 2.24) is 14.8 Å². The van der Waals surface area contributed by atoms with Crippen LogP contribution >= 0.6 is 10.7 Å². The second kappa shape index (κ2) is 4.01. The van der Waals surface area contributed by atoms with Crippen LogP contribution < -0.4 is 0 Å². The van der Waals surface area contributed by atoms with Crippen LogP contribution in [0.15, 0.2) is 5.16 Å². The first-order valence-corrected chi connectivity index (χ1v) is 6.23. The summed E-state index contributed by atoms with van der Waals surface area (Å²) in [5.41, 5.74) is 0. The highest BCUT2D eigenvalue weighted by Gasteiger charge is 2.28. The molecule has 0 amide bonds. The fourth-order valence-corrected chi connectivity index (χ4v) is 2.08. The Morgan fingerprint density at radius 2 is 1.87 bits per heavy atom. The van der Waals surface area contributed by atoms with E-state index in [1.165, 1.54) is 13.8 Å². The Hall–Kier alpha value is -0.760. The highest BCUT2D eigenvalue weighted by atomic mass is 35.7. The lowest BCUT2D eigenvalue weighted by atomic mass is 10.4. The van der Waals surface area contributed by atoms with Gasteiger partial charge in [0.2, 0.25) is 5.82 Å². The number of hydrogen-bond acceptors (Lipinski definition) is 4. The minimum absolute atomic E-state index is 0.521. The van der Waals surface area contributed by atoms with Crippen LogP contribution in [0.4, 0.5) is 8.78 Å². The number of rotatable bonds is 3. The summed E-state index contributed by atoms with van der Waals surface area (Å²) in [6, 6.07) is -0.521. The van der Waals surface area contributed by atoms with Crippen molar-refractivity contribution < 1.29 is 17.2 Å². The van der Waals surface area contributed by atoms with Crippen molar-refractivity contribution in [3.8, 4) is 0 Å². The fraction of sp³-hybridized carbons (Fsp3) is 0.667. The number of alkyl halides is 2. The van der Waals surface area contributed by atoms with Crippen LogP contribution in [0.2, 0.25) is 0 Å². The van der Waals surface area contributed by atoms with E-state index >= 15 is 0 Å². The molecule has 1 heterocycles. The lowest BCUT2D eigenvalue weighted by Gasteiger charge is -2.11. The van der Waals surface area contributed by atoms with Gasteiger partial charge in [-0.2, -0.15) is 0 Å². The Kier molecular flexibility index (Phi) is 3.29. The SMILES string of the molecule is CC(C)n1c(C(F)F)nnc1S(=O)(=O)Cl. The first-order chi connectivity index (χ1) is 6.75. The number of aromatic nitrogens is 3. The van der Waals surface area contributed by atoms with Gasteiger partial charge in [-0.1, -0.05) is 0 Å². The van der Waals surface area contributed by atoms with Crippen molar-refractivity contribution in [2.75, 3.05) is 0 Å². The molecule has 0 aromatic carbocycles. The summed E-state index contributed by atoms with van der Waals surface area (Å²) in [4.78, 5) is 0. The average Bonchev–Trinajstić information content (AvgIpc) is 2.45. The third-order valence-electron chi connectivity index (χ3n) is 1.62. The molecule has 0 saturated carbocycles.